The molecule has 0 amide bonds. The normalized spacial score (nSPS) is 25.9. The fraction of sp³-hybridized carbons (Fsp3) is 0.533. The molecule has 3 rings (SSSR count). The molecule has 21 heavy (non-hydrogen) atoms. The molecule has 1 aromatic heterocycles. The van der Waals surface area contributed by atoms with Crippen LogP contribution in [0.3, 0.4) is 0 Å². The van der Waals surface area contributed by atoms with E-state index in [1.54, 1.807) is 6.07 Å². The molecule has 1 saturated heterocycles. The lowest BCUT2D eigenvalue weighted by Crippen LogP contribution is -2.38. The zero-order chi connectivity index (χ0) is 15.2. The summed E-state index contributed by atoms with van der Waals surface area (Å²) in [4.78, 5) is 4.55. The largest absolute Gasteiger partial charge is 0.376 e. The van der Waals surface area contributed by atoms with E-state index in [0.717, 1.165) is 17.8 Å². The maximum absolute atomic E-state index is 13.7. The molecule has 0 saturated carbocycles. The van der Waals surface area contributed by atoms with Gasteiger partial charge in [-0.3, -0.25) is 0 Å². The minimum atomic E-state index is -0.452. The number of aryl methyl sites for hydroxylation is 1. The molecule has 1 aliphatic heterocycles. The Hall–Kier alpha value is -0.840. The van der Waals surface area contributed by atoms with Gasteiger partial charge in [-0.05, 0) is 26.3 Å². The van der Waals surface area contributed by atoms with Gasteiger partial charge in [-0.1, -0.05) is 11.6 Å². The number of ether oxygens (including phenoxy) is 1. The van der Waals surface area contributed by atoms with Crippen molar-refractivity contribution in [3.63, 3.8) is 0 Å². The Bertz CT molecular complexity index is 688. The maximum Gasteiger partial charge on any atom is 0.144 e. The molecular formula is C15H17Cl2FN2O. The first-order chi connectivity index (χ1) is 9.97. The lowest BCUT2D eigenvalue weighted by atomic mass is 9.93. The van der Waals surface area contributed by atoms with Gasteiger partial charge in [0.15, 0.2) is 0 Å². The molecule has 0 radical (unpaired) electrons. The van der Waals surface area contributed by atoms with Gasteiger partial charge in [0.25, 0.3) is 0 Å². The second-order valence-corrected chi connectivity index (χ2v) is 6.46. The third-order valence-electron chi connectivity index (χ3n) is 4.45. The molecule has 3 nitrogen and oxygen atoms in total. The van der Waals surface area contributed by atoms with Crippen LogP contribution in [0.4, 0.5) is 4.39 Å². The number of rotatable bonds is 3. The molecule has 114 valence electrons. The van der Waals surface area contributed by atoms with Gasteiger partial charge in [0.05, 0.1) is 27.7 Å². The molecule has 2 aromatic rings. The van der Waals surface area contributed by atoms with E-state index in [0.29, 0.717) is 24.4 Å². The third-order valence-corrected chi connectivity index (χ3v) is 4.93. The van der Waals surface area contributed by atoms with Crippen molar-refractivity contribution in [3.8, 4) is 0 Å². The van der Waals surface area contributed by atoms with E-state index in [1.807, 2.05) is 0 Å². The van der Waals surface area contributed by atoms with Crippen molar-refractivity contribution in [2.45, 2.75) is 38.3 Å². The molecule has 2 unspecified atom stereocenters. The lowest BCUT2D eigenvalue weighted by Gasteiger charge is -2.32. The van der Waals surface area contributed by atoms with Crippen LogP contribution >= 0.6 is 23.2 Å². The minimum absolute atomic E-state index is 0.0489. The first-order valence-corrected chi connectivity index (χ1v) is 7.93. The van der Waals surface area contributed by atoms with E-state index in [-0.39, 0.29) is 16.7 Å². The lowest BCUT2D eigenvalue weighted by molar-refractivity contribution is 0.0764. The number of benzene rings is 1. The van der Waals surface area contributed by atoms with Gasteiger partial charge in [-0.15, -0.1) is 11.6 Å². The molecule has 1 fully saturated rings. The molecule has 2 atom stereocenters. The van der Waals surface area contributed by atoms with E-state index in [2.05, 4.69) is 23.4 Å². The molecule has 1 aliphatic rings. The summed E-state index contributed by atoms with van der Waals surface area (Å²) in [6.45, 7) is 4.89. The Labute approximate surface area is 133 Å². The van der Waals surface area contributed by atoms with Crippen LogP contribution in [0.15, 0.2) is 12.1 Å². The molecule has 0 spiro atoms. The van der Waals surface area contributed by atoms with Crippen LogP contribution in [0.1, 0.15) is 26.1 Å². The number of halogens is 3. The monoisotopic (exact) mass is 330 g/mol. The Morgan fingerprint density at radius 2 is 2.29 bits per heavy atom. The summed E-state index contributed by atoms with van der Waals surface area (Å²) < 4.78 is 21.6. The van der Waals surface area contributed by atoms with E-state index < -0.39 is 5.82 Å². The Morgan fingerprint density at radius 1 is 1.52 bits per heavy atom. The Kier molecular flexibility index (Phi) is 3.89. The average Bonchev–Trinajstić information content (AvgIpc) is 2.93. The van der Waals surface area contributed by atoms with Crippen molar-refractivity contribution < 1.29 is 9.13 Å². The van der Waals surface area contributed by atoms with E-state index in [1.165, 1.54) is 6.07 Å². The Morgan fingerprint density at radius 3 is 2.90 bits per heavy atom. The second-order valence-electron chi connectivity index (χ2n) is 5.68. The molecule has 6 heteroatoms. The van der Waals surface area contributed by atoms with E-state index in [4.69, 9.17) is 27.9 Å². The van der Waals surface area contributed by atoms with Crippen LogP contribution < -0.4 is 0 Å². The zero-order valence-electron chi connectivity index (χ0n) is 12.0. The van der Waals surface area contributed by atoms with Gasteiger partial charge in [-0.25, -0.2) is 9.37 Å². The van der Waals surface area contributed by atoms with E-state index in [9.17, 15) is 4.39 Å². The first kappa shape index (κ1) is 15.1. The number of alkyl halides is 1. The summed E-state index contributed by atoms with van der Waals surface area (Å²) in [5, 5.41) is 0.108. The SMILES string of the molecule is CC1OCCC1(C)n1c(CCCl)nc2cc(F)c(Cl)cc21. The fourth-order valence-electron chi connectivity index (χ4n) is 3.06. The smallest absolute Gasteiger partial charge is 0.144 e. The van der Waals surface area contributed by atoms with Crippen LogP contribution in [-0.2, 0) is 16.7 Å². The number of hydrogen-bond acceptors (Lipinski definition) is 2. The van der Waals surface area contributed by atoms with Crippen molar-refractivity contribution >= 4 is 34.2 Å². The first-order valence-electron chi connectivity index (χ1n) is 7.02. The van der Waals surface area contributed by atoms with Crippen molar-refractivity contribution in [1.29, 1.82) is 0 Å². The summed E-state index contributed by atoms with van der Waals surface area (Å²) in [6.07, 6.45) is 1.55. The average molecular weight is 331 g/mol. The molecule has 1 aromatic carbocycles. The van der Waals surface area contributed by atoms with Crippen molar-refractivity contribution in [2.24, 2.45) is 0 Å². The van der Waals surface area contributed by atoms with Crippen LogP contribution in [0.5, 0.6) is 0 Å². The highest BCUT2D eigenvalue weighted by molar-refractivity contribution is 6.31. The predicted octanol–water partition coefficient (Wildman–Crippen LogP) is 4.13. The number of aromatic nitrogens is 2. The fourth-order valence-corrected chi connectivity index (χ4v) is 3.39. The third kappa shape index (κ3) is 2.33. The second kappa shape index (κ2) is 5.41. The van der Waals surface area contributed by atoms with Gasteiger partial charge >= 0.3 is 0 Å². The highest BCUT2D eigenvalue weighted by atomic mass is 35.5. The number of fused-ring (bicyclic) bond motifs is 1. The van der Waals surface area contributed by atoms with Crippen molar-refractivity contribution in [3.05, 3.63) is 28.8 Å². The highest BCUT2D eigenvalue weighted by Gasteiger charge is 2.41. The minimum Gasteiger partial charge on any atom is -0.376 e. The molecule has 0 N–H and O–H groups in total. The van der Waals surface area contributed by atoms with Crippen molar-refractivity contribution in [1.82, 2.24) is 9.55 Å². The summed E-state index contributed by atoms with van der Waals surface area (Å²) in [7, 11) is 0. The Balaban J connectivity index is 2.27. The summed E-state index contributed by atoms with van der Waals surface area (Å²) in [5.41, 5.74) is 1.22. The number of hydrogen-bond donors (Lipinski definition) is 0. The summed E-state index contributed by atoms with van der Waals surface area (Å²) >= 11 is 11.9. The highest BCUT2D eigenvalue weighted by Crippen LogP contribution is 2.38. The maximum atomic E-state index is 13.7. The molecule has 0 aliphatic carbocycles. The van der Waals surface area contributed by atoms with Crippen molar-refractivity contribution in [2.75, 3.05) is 12.5 Å². The summed E-state index contributed by atoms with van der Waals surface area (Å²) in [5.74, 6) is 0.860. The number of nitrogens with zero attached hydrogens (tertiary/aromatic N) is 2. The zero-order valence-corrected chi connectivity index (χ0v) is 13.5. The standard InChI is InChI=1S/C15H17Cl2FN2O/c1-9-15(2,4-6-21-9)20-13-7-10(17)11(18)8-12(13)19-14(20)3-5-16/h7-9H,3-6H2,1-2H3. The summed E-state index contributed by atoms with van der Waals surface area (Å²) in [6, 6.07) is 3.03. The van der Waals surface area contributed by atoms with Gasteiger partial charge in [0.1, 0.15) is 11.6 Å². The van der Waals surface area contributed by atoms with Gasteiger partial charge in [0.2, 0.25) is 0 Å². The number of imidazole rings is 1. The molecule has 0 bridgehead atoms. The topological polar surface area (TPSA) is 27.1 Å². The molecular weight excluding hydrogens is 314 g/mol. The van der Waals surface area contributed by atoms with Gasteiger partial charge in [0, 0.05) is 25.0 Å². The van der Waals surface area contributed by atoms with Crippen LogP contribution in [0, 0.1) is 5.82 Å². The van der Waals surface area contributed by atoms with Gasteiger partial charge in [-0.2, -0.15) is 0 Å². The van der Waals surface area contributed by atoms with Crippen LogP contribution in [0.2, 0.25) is 5.02 Å². The van der Waals surface area contributed by atoms with E-state index >= 15 is 0 Å². The van der Waals surface area contributed by atoms with Crippen LogP contribution in [-0.4, -0.2) is 28.1 Å². The predicted molar refractivity (Wildman–Crippen MR) is 82.8 cm³/mol. The van der Waals surface area contributed by atoms with Gasteiger partial charge < -0.3 is 9.30 Å². The van der Waals surface area contributed by atoms with Crippen LogP contribution in [0.25, 0.3) is 11.0 Å². The molecule has 2 heterocycles. The quantitative estimate of drug-likeness (QED) is 0.791.